The first-order valence-corrected chi connectivity index (χ1v) is 11.0. The van der Waals surface area contributed by atoms with E-state index in [1.807, 2.05) is 0 Å². The molecule has 174 valence electrons. The Morgan fingerprint density at radius 3 is 2.34 bits per heavy atom. The number of allylic oxidation sites excluding steroid dienone is 1. The summed E-state index contributed by atoms with van der Waals surface area (Å²) in [5.74, 6) is 0.326. The number of nitrogens with two attached hydrogens (primary N) is 1. The van der Waals surface area contributed by atoms with Crippen LogP contribution in [0.1, 0.15) is 19.4 Å². The minimum absolute atomic E-state index is 0.00867. The number of rotatable bonds is 5. The van der Waals surface area contributed by atoms with Gasteiger partial charge in [-0.15, -0.1) is 0 Å². The Hall–Kier alpha value is -2.77. The van der Waals surface area contributed by atoms with Gasteiger partial charge in [-0.1, -0.05) is 12.2 Å². The standard InChI is InChI=1S/C19H23F3N6O3S/c1-3-4-14-12-27(32(30,31)15-5-6-16(23)24-11-15)7-8-28(14)17-25-9-13(10-26-17)18(2,29)19(20,21)22/h3-6,9-11,14,29H,7-8,12H2,1-2H3,(H2,23,24)/t14-,18-/m0/s1. The molecule has 0 bridgehead atoms. The lowest BCUT2D eigenvalue weighted by Gasteiger charge is -2.39. The molecule has 0 saturated carbocycles. The molecule has 1 aliphatic heterocycles. The summed E-state index contributed by atoms with van der Waals surface area (Å²) < 4.78 is 66.4. The SMILES string of the molecule is CC=C[C@H]1CN(S(=O)(=O)c2ccc(N)nc2)CCN1c1ncc([C@](C)(O)C(F)(F)F)cn1. The van der Waals surface area contributed by atoms with Crippen LogP contribution in [0.5, 0.6) is 0 Å². The first kappa shape index (κ1) is 23.9. The van der Waals surface area contributed by atoms with Crippen LogP contribution in [0.3, 0.4) is 0 Å². The van der Waals surface area contributed by atoms with Gasteiger partial charge in [0.1, 0.15) is 10.7 Å². The maximum Gasteiger partial charge on any atom is 0.421 e. The van der Waals surface area contributed by atoms with Crippen LogP contribution in [0, 0.1) is 0 Å². The molecule has 1 aliphatic rings. The van der Waals surface area contributed by atoms with Crippen LogP contribution in [0.25, 0.3) is 0 Å². The van der Waals surface area contributed by atoms with Gasteiger partial charge in [0.2, 0.25) is 16.0 Å². The molecule has 3 N–H and O–H groups in total. The number of aliphatic hydroxyl groups is 1. The van der Waals surface area contributed by atoms with Crippen LogP contribution < -0.4 is 10.6 Å². The fourth-order valence-corrected chi connectivity index (χ4v) is 4.61. The maximum atomic E-state index is 13.1. The zero-order chi connectivity index (χ0) is 23.7. The van der Waals surface area contributed by atoms with E-state index in [1.165, 1.54) is 22.6 Å². The summed E-state index contributed by atoms with van der Waals surface area (Å²) in [6, 6.07) is 2.32. The van der Waals surface area contributed by atoms with Crippen molar-refractivity contribution in [3.05, 3.63) is 48.4 Å². The average Bonchev–Trinajstić information content (AvgIpc) is 2.73. The van der Waals surface area contributed by atoms with E-state index < -0.39 is 33.4 Å². The first-order chi connectivity index (χ1) is 14.9. The van der Waals surface area contributed by atoms with E-state index in [1.54, 1.807) is 24.0 Å². The number of hydrogen-bond acceptors (Lipinski definition) is 8. The predicted octanol–water partition coefficient (Wildman–Crippen LogP) is 1.68. The summed E-state index contributed by atoms with van der Waals surface area (Å²) in [6.07, 6.45) is 1.64. The number of nitrogen functional groups attached to an aromatic ring is 1. The molecule has 0 aliphatic carbocycles. The topological polar surface area (TPSA) is 126 Å². The van der Waals surface area contributed by atoms with Gasteiger partial charge in [-0.25, -0.2) is 23.4 Å². The van der Waals surface area contributed by atoms with Gasteiger partial charge < -0.3 is 15.7 Å². The number of sulfonamides is 1. The van der Waals surface area contributed by atoms with Gasteiger partial charge in [-0.05, 0) is 26.0 Å². The molecule has 9 nitrogen and oxygen atoms in total. The maximum absolute atomic E-state index is 13.1. The number of nitrogens with zero attached hydrogens (tertiary/aromatic N) is 5. The van der Waals surface area contributed by atoms with E-state index in [4.69, 9.17) is 5.73 Å². The van der Waals surface area contributed by atoms with Gasteiger partial charge >= 0.3 is 6.18 Å². The van der Waals surface area contributed by atoms with Crippen molar-refractivity contribution in [2.24, 2.45) is 0 Å². The molecule has 32 heavy (non-hydrogen) atoms. The quantitative estimate of drug-likeness (QED) is 0.630. The number of alkyl halides is 3. The smallest absolute Gasteiger partial charge is 0.384 e. The van der Waals surface area contributed by atoms with E-state index in [-0.39, 0.29) is 36.3 Å². The molecule has 1 saturated heterocycles. The van der Waals surface area contributed by atoms with Crippen molar-refractivity contribution in [2.75, 3.05) is 30.3 Å². The molecule has 2 atom stereocenters. The lowest BCUT2D eigenvalue weighted by Crippen LogP contribution is -2.54. The Kier molecular flexibility index (Phi) is 6.45. The summed E-state index contributed by atoms with van der Waals surface area (Å²) >= 11 is 0. The van der Waals surface area contributed by atoms with Crippen molar-refractivity contribution in [3.63, 3.8) is 0 Å². The van der Waals surface area contributed by atoms with E-state index in [0.29, 0.717) is 6.92 Å². The molecule has 0 radical (unpaired) electrons. The van der Waals surface area contributed by atoms with E-state index >= 15 is 0 Å². The second-order valence-corrected chi connectivity index (χ2v) is 9.35. The molecule has 0 unspecified atom stereocenters. The minimum atomic E-state index is -4.89. The van der Waals surface area contributed by atoms with Crippen molar-refractivity contribution in [3.8, 4) is 0 Å². The van der Waals surface area contributed by atoms with Crippen molar-refractivity contribution >= 4 is 21.8 Å². The summed E-state index contributed by atoms with van der Waals surface area (Å²) in [7, 11) is -3.82. The molecule has 0 amide bonds. The average molecular weight is 472 g/mol. The zero-order valence-corrected chi connectivity index (χ0v) is 18.2. The number of pyridine rings is 1. The third-order valence-corrected chi connectivity index (χ3v) is 7.05. The second-order valence-electron chi connectivity index (χ2n) is 7.41. The Bertz CT molecular complexity index is 1070. The number of hydrogen-bond donors (Lipinski definition) is 2. The molecule has 1 fully saturated rings. The van der Waals surface area contributed by atoms with Gasteiger partial charge in [0.05, 0.1) is 6.04 Å². The Morgan fingerprint density at radius 1 is 1.16 bits per heavy atom. The van der Waals surface area contributed by atoms with Crippen molar-refractivity contribution in [2.45, 2.75) is 36.6 Å². The minimum Gasteiger partial charge on any atom is -0.384 e. The molecule has 2 aromatic rings. The van der Waals surface area contributed by atoms with Crippen LogP contribution in [0.15, 0.2) is 47.8 Å². The van der Waals surface area contributed by atoms with Crippen LogP contribution >= 0.6 is 0 Å². The molecule has 0 spiro atoms. The summed E-state index contributed by atoms with van der Waals surface area (Å²) in [6.45, 7) is 2.77. The number of aromatic nitrogens is 3. The predicted molar refractivity (Wildman–Crippen MR) is 111 cm³/mol. The fraction of sp³-hybridized carbons (Fsp3) is 0.421. The summed E-state index contributed by atoms with van der Waals surface area (Å²) in [4.78, 5) is 13.5. The third kappa shape index (κ3) is 4.54. The molecule has 2 aromatic heterocycles. The highest BCUT2D eigenvalue weighted by Gasteiger charge is 2.51. The molecular weight excluding hydrogens is 449 g/mol. The summed E-state index contributed by atoms with van der Waals surface area (Å²) in [5, 5.41) is 9.79. The highest BCUT2D eigenvalue weighted by atomic mass is 32.2. The van der Waals surface area contributed by atoms with Gasteiger partial charge in [0, 0.05) is 43.8 Å². The molecular formula is C19H23F3N6O3S. The van der Waals surface area contributed by atoms with Crippen LogP contribution in [0.2, 0.25) is 0 Å². The largest absolute Gasteiger partial charge is 0.421 e. The molecule has 3 heterocycles. The highest BCUT2D eigenvalue weighted by Crippen LogP contribution is 2.38. The van der Waals surface area contributed by atoms with E-state index in [0.717, 1.165) is 12.4 Å². The Balaban J connectivity index is 1.84. The number of halogens is 3. The second kappa shape index (κ2) is 8.64. The van der Waals surface area contributed by atoms with Crippen molar-refractivity contribution < 1.29 is 26.7 Å². The first-order valence-electron chi connectivity index (χ1n) is 9.60. The van der Waals surface area contributed by atoms with Crippen molar-refractivity contribution in [1.82, 2.24) is 19.3 Å². The normalized spacial score (nSPS) is 20.4. The van der Waals surface area contributed by atoms with Crippen LogP contribution in [-0.4, -0.2) is 64.6 Å². The Labute approximate surface area is 183 Å². The zero-order valence-electron chi connectivity index (χ0n) is 17.4. The number of piperazine rings is 1. The summed E-state index contributed by atoms with van der Waals surface area (Å²) in [5.41, 5.74) is 1.95. The lowest BCUT2D eigenvalue weighted by atomic mass is 9.99. The van der Waals surface area contributed by atoms with Gasteiger partial charge in [0.25, 0.3) is 0 Å². The molecule has 13 heteroatoms. The van der Waals surface area contributed by atoms with Crippen LogP contribution in [-0.2, 0) is 15.6 Å². The lowest BCUT2D eigenvalue weighted by molar-refractivity contribution is -0.259. The van der Waals surface area contributed by atoms with Crippen LogP contribution in [0.4, 0.5) is 24.9 Å². The van der Waals surface area contributed by atoms with Gasteiger partial charge in [-0.2, -0.15) is 17.5 Å². The third-order valence-electron chi connectivity index (χ3n) is 5.20. The van der Waals surface area contributed by atoms with E-state index in [2.05, 4.69) is 15.0 Å². The number of anilines is 2. The Morgan fingerprint density at radius 2 is 1.81 bits per heavy atom. The molecule has 0 aromatic carbocycles. The van der Waals surface area contributed by atoms with Gasteiger partial charge in [-0.3, -0.25) is 0 Å². The van der Waals surface area contributed by atoms with Crippen molar-refractivity contribution in [1.29, 1.82) is 0 Å². The van der Waals surface area contributed by atoms with E-state index in [9.17, 15) is 26.7 Å². The highest BCUT2D eigenvalue weighted by molar-refractivity contribution is 7.89. The fourth-order valence-electron chi connectivity index (χ4n) is 3.22. The van der Waals surface area contributed by atoms with Gasteiger partial charge in [0.15, 0.2) is 5.60 Å². The molecule has 3 rings (SSSR count). The monoisotopic (exact) mass is 472 g/mol.